The zero-order chi connectivity index (χ0) is 17.1. The van der Waals surface area contributed by atoms with E-state index < -0.39 is 0 Å². The third-order valence-corrected chi connectivity index (χ3v) is 4.55. The molecule has 128 valence electrons. The number of thiocarbonyl (C=S) groups is 1. The molecule has 8 heteroatoms. The van der Waals surface area contributed by atoms with Crippen LogP contribution in [0.2, 0.25) is 5.02 Å². The van der Waals surface area contributed by atoms with E-state index in [9.17, 15) is 0 Å². The number of halogens is 1. The summed E-state index contributed by atoms with van der Waals surface area (Å²) in [6.07, 6.45) is 0.890. The standard InChI is InChI=1S/C16H19ClN4O2S/c1-10-15(17)11(2)21(20-10)7-3-6-18-16(24)19-12-4-5-13-14(8-12)23-9-22-13/h4-5,8H,3,6-7,9H2,1-2H3,(H2,18,19,24). The Morgan fingerprint density at radius 1 is 1.33 bits per heavy atom. The van der Waals surface area contributed by atoms with Gasteiger partial charge in [0.15, 0.2) is 16.6 Å². The molecule has 0 amide bonds. The first-order valence-electron chi connectivity index (χ1n) is 7.68. The Bertz CT molecular complexity index is 763. The van der Waals surface area contributed by atoms with Gasteiger partial charge in [0.1, 0.15) is 0 Å². The number of fused-ring (bicyclic) bond motifs is 1. The Labute approximate surface area is 151 Å². The van der Waals surface area contributed by atoms with E-state index in [0.717, 1.165) is 53.1 Å². The first-order valence-corrected chi connectivity index (χ1v) is 8.47. The van der Waals surface area contributed by atoms with Crippen LogP contribution in [-0.4, -0.2) is 28.2 Å². The molecule has 0 spiro atoms. The molecule has 0 atom stereocenters. The summed E-state index contributed by atoms with van der Waals surface area (Å²) < 4.78 is 12.6. The van der Waals surface area contributed by atoms with Crippen LogP contribution >= 0.6 is 23.8 Å². The maximum atomic E-state index is 6.14. The monoisotopic (exact) mass is 366 g/mol. The van der Waals surface area contributed by atoms with Crippen LogP contribution in [0.3, 0.4) is 0 Å². The van der Waals surface area contributed by atoms with Gasteiger partial charge in [0, 0.05) is 24.8 Å². The van der Waals surface area contributed by atoms with Gasteiger partial charge in [0.25, 0.3) is 0 Å². The molecule has 0 radical (unpaired) electrons. The number of nitrogens with one attached hydrogen (secondary N) is 2. The average molecular weight is 367 g/mol. The number of hydrogen-bond acceptors (Lipinski definition) is 4. The van der Waals surface area contributed by atoms with E-state index in [1.165, 1.54) is 0 Å². The average Bonchev–Trinajstić information content (AvgIpc) is 3.12. The molecule has 0 saturated carbocycles. The summed E-state index contributed by atoms with van der Waals surface area (Å²) in [5.74, 6) is 1.48. The Kier molecular flexibility index (Phi) is 5.11. The predicted molar refractivity (Wildman–Crippen MR) is 98.1 cm³/mol. The summed E-state index contributed by atoms with van der Waals surface area (Å²) in [6.45, 7) is 5.68. The SMILES string of the molecule is Cc1nn(CCCNC(=S)Nc2ccc3c(c2)OCO3)c(C)c1Cl. The van der Waals surface area contributed by atoms with Gasteiger partial charge in [-0.25, -0.2) is 0 Å². The molecule has 6 nitrogen and oxygen atoms in total. The highest BCUT2D eigenvalue weighted by Crippen LogP contribution is 2.34. The number of ether oxygens (including phenoxy) is 2. The minimum Gasteiger partial charge on any atom is -0.454 e. The molecular weight excluding hydrogens is 348 g/mol. The lowest BCUT2D eigenvalue weighted by molar-refractivity contribution is 0.174. The first kappa shape index (κ1) is 16.9. The van der Waals surface area contributed by atoms with Crippen molar-refractivity contribution < 1.29 is 9.47 Å². The molecule has 1 aromatic carbocycles. The van der Waals surface area contributed by atoms with Gasteiger partial charge in [-0.05, 0) is 44.6 Å². The molecule has 1 aliphatic heterocycles. The molecule has 0 unspecified atom stereocenters. The van der Waals surface area contributed by atoms with Crippen LogP contribution < -0.4 is 20.1 Å². The van der Waals surface area contributed by atoms with Crippen LogP contribution in [0.25, 0.3) is 0 Å². The van der Waals surface area contributed by atoms with E-state index in [1.54, 1.807) is 0 Å². The molecule has 1 aliphatic rings. The minimum atomic E-state index is 0.262. The quantitative estimate of drug-likeness (QED) is 0.625. The Morgan fingerprint density at radius 3 is 2.88 bits per heavy atom. The van der Waals surface area contributed by atoms with Crippen molar-refractivity contribution in [1.82, 2.24) is 15.1 Å². The topological polar surface area (TPSA) is 60.3 Å². The number of aryl methyl sites for hydroxylation is 2. The van der Waals surface area contributed by atoms with E-state index in [0.29, 0.717) is 5.11 Å². The Balaban J connectivity index is 1.43. The zero-order valence-electron chi connectivity index (χ0n) is 13.6. The maximum absolute atomic E-state index is 6.14. The van der Waals surface area contributed by atoms with E-state index in [4.69, 9.17) is 33.3 Å². The molecule has 1 aromatic heterocycles. The number of anilines is 1. The van der Waals surface area contributed by atoms with Crippen molar-refractivity contribution in [2.45, 2.75) is 26.8 Å². The molecule has 2 aromatic rings. The van der Waals surface area contributed by atoms with Crippen molar-refractivity contribution in [3.05, 3.63) is 34.6 Å². The van der Waals surface area contributed by atoms with Crippen molar-refractivity contribution in [2.24, 2.45) is 0 Å². The van der Waals surface area contributed by atoms with Crippen LogP contribution in [0.4, 0.5) is 5.69 Å². The fourth-order valence-electron chi connectivity index (χ4n) is 2.47. The van der Waals surface area contributed by atoms with Crippen molar-refractivity contribution in [2.75, 3.05) is 18.7 Å². The van der Waals surface area contributed by atoms with E-state index >= 15 is 0 Å². The largest absolute Gasteiger partial charge is 0.454 e. The maximum Gasteiger partial charge on any atom is 0.231 e. The van der Waals surface area contributed by atoms with Gasteiger partial charge in [-0.2, -0.15) is 5.10 Å². The van der Waals surface area contributed by atoms with Crippen LogP contribution in [-0.2, 0) is 6.54 Å². The van der Waals surface area contributed by atoms with Gasteiger partial charge in [0.05, 0.1) is 16.4 Å². The third kappa shape index (κ3) is 3.73. The van der Waals surface area contributed by atoms with Gasteiger partial charge in [-0.15, -0.1) is 0 Å². The third-order valence-electron chi connectivity index (χ3n) is 3.76. The van der Waals surface area contributed by atoms with Gasteiger partial charge in [0.2, 0.25) is 6.79 Å². The summed E-state index contributed by atoms with van der Waals surface area (Å²) in [6, 6.07) is 5.63. The molecule has 0 aliphatic carbocycles. The molecule has 2 N–H and O–H groups in total. The normalized spacial score (nSPS) is 12.3. The van der Waals surface area contributed by atoms with Gasteiger partial charge in [-0.3, -0.25) is 4.68 Å². The summed E-state index contributed by atoms with van der Waals surface area (Å²) >= 11 is 11.5. The van der Waals surface area contributed by atoms with Gasteiger partial charge < -0.3 is 20.1 Å². The lowest BCUT2D eigenvalue weighted by Crippen LogP contribution is -2.29. The summed E-state index contributed by atoms with van der Waals surface area (Å²) in [7, 11) is 0. The Hall–Kier alpha value is -1.99. The second kappa shape index (κ2) is 7.27. The van der Waals surface area contributed by atoms with Crippen LogP contribution in [0, 0.1) is 13.8 Å². The Morgan fingerprint density at radius 2 is 2.12 bits per heavy atom. The van der Waals surface area contributed by atoms with E-state index in [-0.39, 0.29) is 6.79 Å². The van der Waals surface area contributed by atoms with Crippen molar-refractivity contribution in [3.63, 3.8) is 0 Å². The minimum absolute atomic E-state index is 0.262. The summed E-state index contributed by atoms with van der Waals surface area (Å²) in [4.78, 5) is 0. The zero-order valence-corrected chi connectivity index (χ0v) is 15.1. The second-order valence-electron chi connectivity index (χ2n) is 5.51. The van der Waals surface area contributed by atoms with Crippen LogP contribution in [0.5, 0.6) is 11.5 Å². The molecule has 3 rings (SSSR count). The lowest BCUT2D eigenvalue weighted by Gasteiger charge is -2.11. The molecule has 2 heterocycles. The highest BCUT2D eigenvalue weighted by Gasteiger charge is 2.13. The van der Waals surface area contributed by atoms with Crippen molar-refractivity contribution >= 4 is 34.6 Å². The molecular formula is C16H19ClN4O2S. The number of nitrogens with zero attached hydrogens (tertiary/aromatic N) is 2. The molecule has 0 saturated heterocycles. The molecule has 0 bridgehead atoms. The summed E-state index contributed by atoms with van der Waals surface area (Å²) in [5.41, 5.74) is 2.72. The molecule has 24 heavy (non-hydrogen) atoms. The van der Waals surface area contributed by atoms with Gasteiger partial charge in [-0.1, -0.05) is 11.6 Å². The van der Waals surface area contributed by atoms with Crippen molar-refractivity contribution in [1.29, 1.82) is 0 Å². The molecule has 0 fully saturated rings. The number of aromatic nitrogens is 2. The number of rotatable bonds is 5. The lowest BCUT2D eigenvalue weighted by atomic mass is 10.3. The number of hydrogen-bond donors (Lipinski definition) is 2. The van der Waals surface area contributed by atoms with E-state index in [1.807, 2.05) is 36.7 Å². The second-order valence-corrected chi connectivity index (χ2v) is 6.30. The highest BCUT2D eigenvalue weighted by molar-refractivity contribution is 7.80. The van der Waals surface area contributed by atoms with E-state index in [2.05, 4.69) is 15.7 Å². The number of benzene rings is 1. The van der Waals surface area contributed by atoms with Crippen molar-refractivity contribution in [3.8, 4) is 11.5 Å². The predicted octanol–water partition coefficient (Wildman–Crippen LogP) is 3.26. The summed E-state index contributed by atoms with van der Waals surface area (Å²) in [5, 5.41) is 12.0. The fraction of sp³-hybridized carbons (Fsp3) is 0.375. The van der Waals surface area contributed by atoms with Gasteiger partial charge >= 0.3 is 0 Å². The first-order chi connectivity index (χ1) is 11.5. The van der Waals surface area contributed by atoms with Crippen LogP contribution in [0.15, 0.2) is 18.2 Å². The fourth-order valence-corrected chi connectivity index (χ4v) is 2.83. The highest BCUT2D eigenvalue weighted by atomic mass is 35.5. The van der Waals surface area contributed by atoms with Crippen LogP contribution in [0.1, 0.15) is 17.8 Å². The smallest absolute Gasteiger partial charge is 0.231 e.